The third-order valence-electron chi connectivity index (χ3n) is 4.09. The highest BCUT2D eigenvalue weighted by molar-refractivity contribution is 9.10. The quantitative estimate of drug-likeness (QED) is 0.721. The number of piperazine rings is 1. The molecule has 0 aliphatic carbocycles. The number of amides is 1. The lowest BCUT2D eigenvalue weighted by atomic mass is 10.1. The van der Waals surface area contributed by atoms with Crippen molar-refractivity contribution in [2.45, 2.75) is 45.8 Å². The zero-order valence-electron chi connectivity index (χ0n) is 14.8. The van der Waals surface area contributed by atoms with E-state index >= 15 is 0 Å². The largest absolute Gasteiger partial charge is 0.444 e. The number of benzene rings is 1. The molecule has 24 heavy (non-hydrogen) atoms. The molecular weight excluding hydrogens is 392 g/mol. The molecule has 0 radical (unpaired) electrons. The second-order valence-corrected chi connectivity index (χ2v) is 8.62. The average Bonchev–Trinajstić information content (AvgIpc) is 2.47. The predicted molar refractivity (Wildman–Crippen MR) is 102 cm³/mol. The van der Waals surface area contributed by atoms with Gasteiger partial charge in [0.05, 0.1) is 0 Å². The molecule has 1 saturated heterocycles. The van der Waals surface area contributed by atoms with E-state index in [-0.39, 0.29) is 6.09 Å². The standard InChI is InChI=1S/C18H26BrClN2O2/c1-13-12-22(17(23)24-18(2,3)4)10-9-21(13)8-7-14-11-15(19)5-6-16(14)20/h5-6,11,13H,7-10,12H2,1-4H3/t13-/m0/s1. The summed E-state index contributed by atoms with van der Waals surface area (Å²) in [5, 5.41) is 0.804. The molecule has 4 nitrogen and oxygen atoms in total. The number of hydrogen-bond acceptors (Lipinski definition) is 3. The van der Waals surface area contributed by atoms with Crippen LogP contribution in [0.1, 0.15) is 33.3 Å². The van der Waals surface area contributed by atoms with E-state index < -0.39 is 5.60 Å². The zero-order valence-corrected chi connectivity index (χ0v) is 17.2. The highest BCUT2D eigenvalue weighted by Gasteiger charge is 2.29. The van der Waals surface area contributed by atoms with Gasteiger partial charge in [-0.15, -0.1) is 0 Å². The van der Waals surface area contributed by atoms with E-state index in [9.17, 15) is 4.79 Å². The molecule has 0 saturated carbocycles. The lowest BCUT2D eigenvalue weighted by Gasteiger charge is -2.40. The fraction of sp³-hybridized carbons (Fsp3) is 0.611. The Bertz CT molecular complexity index is 589. The van der Waals surface area contributed by atoms with Crippen LogP contribution in [0.4, 0.5) is 4.79 Å². The van der Waals surface area contributed by atoms with Crippen molar-refractivity contribution < 1.29 is 9.53 Å². The Morgan fingerprint density at radius 1 is 1.38 bits per heavy atom. The van der Waals surface area contributed by atoms with E-state index in [0.717, 1.165) is 34.6 Å². The van der Waals surface area contributed by atoms with Crippen LogP contribution >= 0.6 is 27.5 Å². The van der Waals surface area contributed by atoms with Crippen molar-refractivity contribution in [1.82, 2.24) is 9.80 Å². The first-order valence-corrected chi connectivity index (χ1v) is 9.49. The zero-order chi connectivity index (χ0) is 17.9. The van der Waals surface area contributed by atoms with E-state index in [1.165, 1.54) is 0 Å². The first-order valence-electron chi connectivity index (χ1n) is 8.31. The maximum atomic E-state index is 12.2. The average molecular weight is 418 g/mol. The molecule has 0 unspecified atom stereocenters. The minimum atomic E-state index is -0.450. The summed E-state index contributed by atoms with van der Waals surface area (Å²) < 4.78 is 6.51. The molecule has 1 fully saturated rings. The number of hydrogen-bond donors (Lipinski definition) is 0. The van der Waals surface area contributed by atoms with Gasteiger partial charge in [-0.1, -0.05) is 27.5 Å². The van der Waals surface area contributed by atoms with Crippen molar-refractivity contribution in [2.24, 2.45) is 0 Å². The molecule has 1 aromatic rings. The fourth-order valence-electron chi connectivity index (χ4n) is 2.82. The summed E-state index contributed by atoms with van der Waals surface area (Å²) in [5.74, 6) is 0. The van der Waals surface area contributed by atoms with Crippen LogP contribution in [0, 0.1) is 0 Å². The molecule has 6 heteroatoms. The molecule has 1 aliphatic heterocycles. The molecule has 1 atom stereocenters. The molecule has 1 aliphatic rings. The molecule has 0 N–H and O–H groups in total. The van der Waals surface area contributed by atoms with Gasteiger partial charge >= 0.3 is 6.09 Å². The second kappa shape index (κ2) is 8.07. The van der Waals surface area contributed by atoms with Gasteiger partial charge in [0.2, 0.25) is 0 Å². The molecule has 2 rings (SSSR count). The van der Waals surface area contributed by atoms with E-state index in [1.54, 1.807) is 4.90 Å². The van der Waals surface area contributed by atoms with Crippen molar-refractivity contribution >= 4 is 33.6 Å². The highest BCUT2D eigenvalue weighted by atomic mass is 79.9. The van der Waals surface area contributed by atoms with Crippen LogP contribution in [0.3, 0.4) is 0 Å². The van der Waals surface area contributed by atoms with Gasteiger partial charge in [0.15, 0.2) is 0 Å². The van der Waals surface area contributed by atoms with Gasteiger partial charge in [0.1, 0.15) is 5.60 Å². The van der Waals surface area contributed by atoms with Gasteiger partial charge in [0, 0.05) is 41.7 Å². The van der Waals surface area contributed by atoms with Crippen molar-refractivity contribution in [3.8, 4) is 0 Å². The van der Waals surface area contributed by atoms with Crippen LogP contribution in [0.5, 0.6) is 0 Å². The Hall–Kier alpha value is -0.780. The van der Waals surface area contributed by atoms with Gasteiger partial charge in [-0.3, -0.25) is 4.90 Å². The Morgan fingerprint density at radius 2 is 2.08 bits per heavy atom. The molecule has 1 heterocycles. The molecule has 134 valence electrons. The SMILES string of the molecule is C[C@H]1CN(C(=O)OC(C)(C)C)CCN1CCc1cc(Br)ccc1Cl. The van der Waals surface area contributed by atoms with E-state index in [4.69, 9.17) is 16.3 Å². The molecular formula is C18H26BrClN2O2. The Kier molecular flexibility index (Phi) is 6.57. The van der Waals surface area contributed by atoms with Crippen molar-refractivity contribution in [3.05, 3.63) is 33.3 Å². The number of nitrogens with zero attached hydrogens (tertiary/aromatic N) is 2. The van der Waals surface area contributed by atoms with Gasteiger partial charge in [-0.25, -0.2) is 4.79 Å². The number of rotatable bonds is 3. The minimum absolute atomic E-state index is 0.218. The van der Waals surface area contributed by atoms with Crippen LogP contribution in [-0.4, -0.2) is 53.7 Å². The maximum absolute atomic E-state index is 12.2. The number of carbonyl (C=O) groups excluding carboxylic acids is 1. The smallest absolute Gasteiger partial charge is 0.410 e. The van der Waals surface area contributed by atoms with Crippen LogP contribution in [0.15, 0.2) is 22.7 Å². The first kappa shape index (κ1) is 19.5. The monoisotopic (exact) mass is 416 g/mol. The molecule has 0 spiro atoms. The van der Waals surface area contributed by atoms with Crippen molar-refractivity contribution in [3.63, 3.8) is 0 Å². The molecule has 1 aromatic carbocycles. The first-order chi connectivity index (χ1) is 11.2. The Morgan fingerprint density at radius 3 is 2.71 bits per heavy atom. The van der Waals surface area contributed by atoms with Gasteiger partial charge in [-0.2, -0.15) is 0 Å². The Balaban J connectivity index is 1.87. The summed E-state index contributed by atoms with van der Waals surface area (Å²) in [6.45, 7) is 11.0. The second-order valence-electron chi connectivity index (χ2n) is 7.30. The van der Waals surface area contributed by atoms with E-state index in [0.29, 0.717) is 19.1 Å². The number of halogens is 2. The normalized spacial score (nSPS) is 19.4. The summed E-state index contributed by atoms with van der Waals surface area (Å²) in [7, 11) is 0. The van der Waals surface area contributed by atoms with Gasteiger partial charge in [-0.05, 0) is 57.9 Å². The Labute approximate surface area is 158 Å². The van der Waals surface area contributed by atoms with Gasteiger partial charge in [0.25, 0.3) is 0 Å². The lowest BCUT2D eigenvalue weighted by molar-refractivity contribution is 0.00598. The third-order valence-corrected chi connectivity index (χ3v) is 4.95. The highest BCUT2D eigenvalue weighted by Crippen LogP contribution is 2.22. The summed E-state index contributed by atoms with van der Waals surface area (Å²) in [6, 6.07) is 6.25. The topological polar surface area (TPSA) is 32.8 Å². The lowest BCUT2D eigenvalue weighted by Crippen LogP contribution is -2.54. The fourth-order valence-corrected chi connectivity index (χ4v) is 3.44. The van der Waals surface area contributed by atoms with Crippen LogP contribution in [-0.2, 0) is 11.2 Å². The van der Waals surface area contributed by atoms with E-state index in [1.807, 2.05) is 32.9 Å². The number of carbonyl (C=O) groups is 1. The third kappa shape index (κ3) is 5.64. The van der Waals surface area contributed by atoms with Crippen LogP contribution in [0.25, 0.3) is 0 Å². The van der Waals surface area contributed by atoms with E-state index in [2.05, 4.69) is 33.8 Å². The summed E-state index contributed by atoms with van der Waals surface area (Å²) >= 11 is 9.76. The molecule has 1 amide bonds. The van der Waals surface area contributed by atoms with Crippen molar-refractivity contribution in [2.75, 3.05) is 26.2 Å². The number of ether oxygens (including phenoxy) is 1. The summed E-state index contributed by atoms with van der Waals surface area (Å²) in [6.07, 6.45) is 0.679. The maximum Gasteiger partial charge on any atom is 0.410 e. The van der Waals surface area contributed by atoms with Crippen molar-refractivity contribution in [1.29, 1.82) is 0 Å². The predicted octanol–water partition coefficient (Wildman–Crippen LogP) is 4.59. The molecule has 0 aromatic heterocycles. The summed E-state index contributed by atoms with van der Waals surface area (Å²) in [5.41, 5.74) is 0.697. The molecule has 0 bridgehead atoms. The van der Waals surface area contributed by atoms with Crippen LogP contribution in [0.2, 0.25) is 5.02 Å². The summed E-state index contributed by atoms with van der Waals surface area (Å²) in [4.78, 5) is 16.4. The van der Waals surface area contributed by atoms with Crippen LogP contribution < -0.4 is 0 Å². The minimum Gasteiger partial charge on any atom is -0.444 e. The van der Waals surface area contributed by atoms with Gasteiger partial charge < -0.3 is 9.64 Å².